The summed E-state index contributed by atoms with van der Waals surface area (Å²) in [4.78, 5) is 9.16. The van der Waals surface area contributed by atoms with E-state index in [2.05, 4.69) is 70.4 Å². The van der Waals surface area contributed by atoms with Crippen LogP contribution in [-0.4, -0.2) is 26.5 Å². The maximum Gasteiger partial charge on any atom is 0.109 e. The van der Waals surface area contributed by atoms with Gasteiger partial charge in [0.05, 0.1) is 6.33 Å². The van der Waals surface area contributed by atoms with Crippen molar-refractivity contribution >= 4 is 23.7 Å². The molecule has 0 aliphatic rings. The van der Waals surface area contributed by atoms with E-state index in [1.54, 1.807) is 11.8 Å². The molecule has 3 aromatic rings. The molecule has 170 valence electrons. The van der Waals surface area contributed by atoms with Gasteiger partial charge in [-0.1, -0.05) is 58.0 Å². The van der Waals surface area contributed by atoms with Gasteiger partial charge in [0, 0.05) is 30.7 Å². The Morgan fingerprint density at radius 1 is 1.12 bits per heavy atom. The maximum atomic E-state index is 4.64. The third-order valence-corrected chi connectivity index (χ3v) is 6.13. The van der Waals surface area contributed by atoms with E-state index in [0.29, 0.717) is 5.92 Å². The molecule has 0 bridgehead atoms. The molecule has 1 atom stereocenters. The monoisotopic (exact) mass is 449 g/mol. The number of aromatic nitrogens is 3. The predicted octanol–water partition coefficient (Wildman–Crippen LogP) is 7.32. The van der Waals surface area contributed by atoms with Crippen LogP contribution in [0.4, 0.5) is 0 Å². The number of pyridine rings is 1. The fraction of sp³-hybridized carbons (Fsp3) is 0.385. The van der Waals surface area contributed by atoms with Crippen LogP contribution in [0.5, 0.6) is 0 Å². The molecule has 32 heavy (non-hydrogen) atoms. The minimum atomic E-state index is 0.384. The van der Waals surface area contributed by atoms with Crippen LogP contribution in [0.2, 0.25) is 0 Å². The van der Waals surface area contributed by atoms with Crippen LogP contribution in [-0.2, 0) is 7.05 Å². The number of hydrogen-bond donors (Lipinski definition) is 0. The fourth-order valence-electron chi connectivity index (χ4n) is 2.87. The highest BCUT2D eigenvalue weighted by Crippen LogP contribution is 2.34. The van der Waals surface area contributed by atoms with Gasteiger partial charge < -0.3 is 4.57 Å². The summed E-state index contributed by atoms with van der Waals surface area (Å²) < 4.78 is 2.05. The van der Waals surface area contributed by atoms with Gasteiger partial charge in [-0.3, -0.25) is 0 Å². The third-order valence-electron chi connectivity index (χ3n) is 5.00. The van der Waals surface area contributed by atoms with E-state index in [0.717, 1.165) is 45.4 Å². The van der Waals surface area contributed by atoms with Crippen LogP contribution in [0.15, 0.2) is 69.2 Å². The van der Waals surface area contributed by atoms with Gasteiger partial charge >= 0.3 is 0 Å². The minimum absolute atomic E-state index is 0.384. The topological polar surface area (TPSA) is 55.4 Å². The molecule has 0 radical (unpaired) electrons. The Bertz CT molecular complexity index is 1020. The second-order valence-corrected chi connectivity index (χ2v) is 8.54. The first-order valence-corrected chi connectivity index (χ1v) is 12.1. The Hall–Kier alpha value is -2.73. The van der Waals surface area contributed by atoms with Gasteiger partial charge in [-0.05, 0) is 61.6 Å². The van der Waals surface area contributed by atoms with Crippen molar-refractivity contribution in [3.63, 3.8) is 0 Å². The van der Waals surface area contributed by atoms with E-state index in [-0.39, 0.29) is 0 Å². The molecule has 0 amide bonds. The molecule has 6 heteroatoms. The zero-order valence-electron chi connectivity index (χ0n) is 20.3. The first-order chi connectivity index (χ1) is 15.5. The lowest BCUT2D eigenvalue weighted by atomic mass is 9.97. The largest absolute Gasteiger partial charge is 0.328 e. The molecule has 2 heterocycles. The second-order valence-electron chi connectivity index (χ2n) is 7.53. The summed E-state index contributed by atoms with van der Waals surface area (Å²) in [5.41, 5.74) is 5.58. The molecule has 0 N–H and O–H groups in total. The lowest BCUT2D eigenvalue weighted by Crippen LogP contribution is -1.95. The van der Waals surface area contributed by atoms with Gasteiger partial charge in [0.15, 0.2) is 0 Å². The summed E-state index contributed by atoms with van der Waals surface area (Å²) in [5.74, 6) is 0.384. The Kier molecular flexibility index (Phi) is 10.3. The molecule has 3 rings (SSSR count). The second kappa shape index (κ2) is 13.0. The zero-order valence-corrected chi connectivity index (χ0v) is 21.1. The molecule has 0 aliphatic carbocycles. The first kappa shape index (κ1) is 25.5. The number of rotatable bonds is 8. The van der Waals surface area contributed by atoms with E-state index < -0.39 is 0 Å². The summed E-state index contributed by atoms with van der Waals surface area (Å²) in [6.45, 7) is 12.3. The van der Waals surface area contributed by atoms with Crippen LogP contribution in [0, 0.1) is 6.92 Å². The number of aryl methyl sites for hydroxylation is 2. The van der Waals surface area contributed by atoms with E-state index >= 15 is 0 Å². The molecule has 0 unspecified atom stereocenters. The highest BCUT2D eigenvalue weighted by molar-refractivity contribution is 7.99. The van der Waals surface area contributed by atoms with Gasteiger partial charge in [0.2, 0.25) is 0 Å². The van der Waals surface area contributed by atoms with E-state index in [4.69, 9.17) is 0 Å². The molecule has 0 fully saturated rings. The molecule has 0 saturated heterocycles. The molecule has 2 aromatic heterocycles. The van der Waals surface area contributed by atoms with Crippen molar-refractivity contribution in [1.29, 1.82) is 0 Å². The van der Waals surface area contributed by atoms with Crippen molar-refractivity contribution in [2.24, 2.45) is 17.3 Å². The van der Waals surface area contributed by atoms with E-state index in [1.165, 1.54) is 5.56 Å². The number of hydrogen-bond acceptors (Lipinski definition) is 5. The van der Waals surface area contributed by atoms with Crippen molar-refractivity contribution in [1.82, 2.24) is 14.5 Å². The lowest BCUT2D eigenvalue weighted by molar-refractivity contribution is 0.811. The summed E-state index contributed by atoms with van der Waals surface area (Å²) in [5, 5.41) is 10.4. The first-order valence-electron chi connectivity index (χ1n) is 11.2. The van der Waals surface area contributed by atoms with Gasteiger partial charge in [-0.25, -0.2) is 9.97 Å². The van der Waals surface area contributed by atoms with Gasteiger partial charge in [0.1, 0.15) is 15.7 Å². The van der Waals surface area contributed by atoms with E-state index in [1.807, 2.05) is 58.0 Å². The highest BCUT2D eigenvalue weighted by atomic mass is 32.2. The summed E-state index contributed by atoms with van der Waals surface area (Å²) in [6.07, 6.45) is 7.45. The molecule has 5 nitrogen and oxygen atoms in total. The fourth-order valence-corrected chi connectivity index (χ4v) is 3.77. The molecule has 0 aliphatic heterocycles. The Labute approximate surface area is 197 Å². The van der Waals surface area contributed by atoms with Crippen LogP contribution < -0.4 is 0 Å². The zero-order chi connectivity index (χ0) is 23.5. The average molecular weight is 450 g/mol. The van der Waals surface area contributed by atoms with Crippen molar-refractivity contribution in [3.05, 3.63) is 60.0 Å². The molecule has 0 spiro atoms. The van der Waals surface area contributed by atoms with Gasteiger partial charge in [0.25, 0.3) is 0 Å². The quantitative estimate of drug-likeness (QED) is 0.267. The van der Waals surface area contributed by atoms with Crippen molar-refractivity contribution < 1.29 is 0 Å². The maximum absolute atomic E-state index is 4.64. The molecule has 0 saturated carbocycles. The van der Waals surface area contributed by atoms with Crippen molar-refractivity contribution in [3.8, 4) is 11.3 Å². The number of benzene rings is 1. The predicted molar refractivity (Wildman–Crippen MR) is 138 cm³/mol. The highest BCUT2D eigenvalue weighted by Gasteiger charge is 2.14. The Balaban J connectivity index is 0.00000176. The van der Waals surface area contributed by atoms with Crippen LogP contribution >= 0.6 is 11.8 Å². The summed E-state index contributed by atoms with van der Waals surface area (Å²) >= 11 is 1.64. The molecular weight excluding hydrogens is 414 g/mol. The number of nitrogens with zero attached hydrogens (tertiary/aromatic N) is 5. The summed E-state index contributed by atoms with van der Waals surface area (Å²) in [6, 6.07) is 12.8. The third kappa shape index (κ3) is 7.16. The SMILES string of the molecule is CC.CC/C(C)=N\N=C\C[C@@H](C)c1ccc(-c2ncn(C)c2Sc2ccc(C)cn2)cc1. The van der Waals surface area contributed by atoms with Gasteiger partial charge in [-0.2, -0.15) is 10.2 Å². The smallest absolute Gasteiger partial charge is 0.109 e. The Morgan fingerprint density at radius 2 is 1.84 bits per heavy atom. The van der Waals surface area contributed by atoms with Crippen LogP contribution in [0.3, 0.4) is 0 Å². The normalized spacial score (nSPS) is 12.5. The van der Waals surface area contributed by atoms with Crippen LogP contribution in [0.1, 0.15) is 64.5 Å². The lowest BCUT2D eigenvalue weighted by Gasteiger charge is -2.10. The summed E-state index contributed by atoms with van der Waals surface area (Å²) in [7, 11) is 2.02. The molecule has 1 aromatic carbocycles. The average Bonchev–Trinajstić information content (AvgIpc) is 3.19. The standard InChI is InChI=1S/C24H29N5S.C2H6/c1-6-19(4)28-27-14-13-18(3)20-8-10-21(11-9-20)23-24(29(5)16-26-23)30-22-12-7-17(2)15-25-22;1-2/h7-12,14-16,18H,6,13H2,1-5H3;1-2H3/b27-14+,28-19-;/t18-;/m1./s1. The van der Waals surface area contributed by atoms with Crippen molar-refractivity contribution in [2.45, 2.75) is 70.4 Å². The van der Waals surface area contributed by atoms with Crippen molar-refractivity contribution in [2.75, 3.05) is 0 Å². The number of imidazole rings is 1. The Morgan fingerprint density at radius 3 is 2.47 bits per heavy atom. The van der Waals surface area contributed by atoms with Gasteiger partial charge in [-0.15, -0.1) is 0 Å². The van der Waals surface area contributed by atoms with E-state index in [9.17, 15) is 0 Å². The minimum Gasteiger partial charge on any atom is -0.328 e. The van der Waals surface area contributed by atoms with Crippen LogP contribution in [0.25, 0.3) is 11.3 Å². The molecular formula is C26H35N5S.